The van der Waals surface area contributed by atoms with Crippen molar-refractivity contribution in [3.63, 3.8) is 0 Å². The van der Waals surface area contributed by atoms with Crippen LogP contribution in [0.25, 0.3) is 21.3 Å². The Hall–Kier alpha value is -3.49. The number of amides is 1. The predicted molar refractivity (Wildman–Crippen MR) is 130 cm³/mol. The summed E-state index contributed by atoms with van der Waals surface area (Å²) in [6.07, 6.45) is 2.45. The molecule has 1 amide bonds. The summed E-state index contributed by atoms with van der Waals surface area (Å²) >= 11 is 1.36. The summed E-state index contributed by atoms with van der Waals surface area (Å²) in [5.74, 6) is 1.38. The lowest BCUT2D eigenvalue weighted by atomic mass is 10.1. The Kier molecular flexibility index (Phi) is 6.86. The number of hydrogen-bond acceptors (Lipinski definition) is 6. The van der Waals surface area contributed by atoms with Crippen molar-refractivity contribution in [2.45, 2.75) is 12.5 Å². The van der Waals surface area contributed by atoms with E-state index in [0.717, 1.165) is 26.9 Å². The summed E-state index contributed by atoms with van der Waals surface area (Å²) in [5, 5.41) is 13.9. The Bertz CT molecular complexity index is 1240. The molecular weight excluding hydrogens is 440 g/mol. The number of benzene rings is 2. The van der Waals surface area contributed by atoms with E-state index in [1.165, 1.54) is 11.3 Å². The molecule has 0 fully saturated rings. The third-order valence-electron chi connectivity index (χ3n) is 5.48. The van der Waals surface area contributed by atoms with Crippen LogP contribution >= 0.6 is 11.3 Å². The Morgan fingerprint density at radius 3 is 2.45 bits per heavy atom. The van der Waals surface area contributed by atoms with Gasteiger partial charge in [0.05, 0.1) is 38.9 Å². The standard InChI is InChI=1S/C25H26N2O5S/c1-30-20-11-15(12-21(31-2)24(20)32-3)22-8-9-23(33-22)25(29)27-17(14-28)10-16-13-26-19-7-5-4-6-18(16)19/h4-9,11-13,17,26,28H,10,14H2,1-3H3,(H,27,29)/t17-/m1/s1. The number of H-pyrrole nitrogens is 1. The van der Waals surface area contributed by atoms with Crippen LogP contribution < -0.4 is 19.5 Å². The van der Waals surface area contributed by atoms with Gasteiger partial charge in [0.2, 0.25) is 5.75 Å². The maximum Gasteiger partial charge on any atom is 0.261 e. The zero-order chi connectivity index (χ0) is 23.4. The molecule has 0 unspecified atom stereocenters. The number of thiophene rings is 1. The number of aliphatic hydroxyl groups is 1. The summed E-state index contributed by atoms with van der Waals surface area (Å²) < 4.78 is 16.2. The van der Waals surface area contributed by atoms with Crippen molar-refractivity contribution < 1.29 is 24.1 Å². The van der Waals surface area contributed by atoms with E-state index in [1.54, 1.807) is 27.4 Å². The van der Waals surface area contributed by atoms with E-state index in [9.17, 15) is 9.90 Å². The normalized spacial score (nSPS) is 11.9. The lowest BCUT2D eigenvalue weighted by Gasteiger charge is -2.15. The largest absolute Gasteiger partial charge is 0.493 e. The molecule has 3 N–H and O–H groups in total. The molecule has 0 aliphatic rings. The monoisotopic (exact) mass is 466 g/mol. The second-order valence-electron chi connectivity index (χ2n) is 7.49. The van der Waals surface area contributed by atoms with Gasteiger partial charge in [-0.2, -0.15) is 0 Å². The lowest BCUT2D eigenvalue weighted by molar-refractivity contribution is 0.0920. The number of fused-ring (bicyclic) bond motifs is 1. The first kappa shape index (κ1) is 22.7. The Morgan fingerprint density at radius 2 is 1.79 bits per heavy atom. The van der Waals surface area contributed by atoms with Crippen LogP contribution in [0.1, 0.15) is 15.2 Å². The highest BCUT2D eigenvalue weighted by molar-refractivity contribution is 7.17. The van der Waals surface area contributed by atoms with Gasteiger partial charge in [0, 0.05) is 22.0 Å². The summed E-state index contributed by atoms with van der Waals surface area (Å²) in [5.41, 5.74) is 2.93. The van der Waals surface area contributed by atoms with Gasteiger partial charge in [-0.25, -0.2) is 0 Å². The molecule has 4 aromatic rings. The first-order valence-corrected chi connectivity index (χ1v) is 11.3. The summed E-state index contributed by atoms with van der Waals surface area (Å²) in [4.78, 5) is 17.6. The molecule has 2 aromatic heterocycles. The number of carbonyl (C=O) groups excluding carboxylic acids is 1. The molecule has 0 aliphatic heterocycles. The molecule has 0 aliphatic carbocycles. The van der Waals surface area contributed by atoms with Gasteiger partial charge in [0.15, 0.2) is 11.5 Å². The first-order chi connectivity index (χ1) is 16.1. The van der Waals surface area contributed by atoms with E-state index in [-0.39, 0.29) is 12.5 Å². The molecule has 0 radical (unpaired) electrons. The predicted octanol–water partition coefficient (Wildman–Crippen LogP) is 4.26. The summed E-state index contributed by atoms with van der Waals surface area (Å²) in [7, 11) is 4.69. The number of methoxy groups -OCH3 is 3. The van der Waals surface area contributed by atoms with Crippen molar-refractivity contribution in [1.29, 1.82) is 0 Å². The fourth-order valence-electron chi connectivity index (χ4n) is 3.82. The number of ether oxygens (including phenoxy) is 3. The van der Waals surface area contributed by atoms with E-state index < -0.39 is 6.04 Å². The minimum Gasteiger partial charge on any atom is -0.493 e. The maximum atomic E-state index is 12.9. The highest BCUT2D eigenvalue weighted by Gasteiger charge is 2.19. The molecule has 8 heteroatoms. The highest BCUT2D eigenvalue weighted by Crippen LogP contribution is 2.42. The number of nitrogens with one attached hydrogen (secondary N) is 2. The molecule has 0 saturated carbocycles. The molecule has 2 aromatic carbocycles. The average molecular weight is 467 g/mol. The van der Waals surface area contributed by atoms with Crippen LogP contribution in [-0.2, 0) is 6.42 Å². The van der Waals surface area contributed by atoms with Crippen molar-refractivity contribution in [2.24, 2.45) is 0 Å². The smallest absolute Gasteiger partial charge is 0.261 e. The average Bonchev–Trinajstić information content (AvgIpc) is 3.50. The van der Waals surface area contributed by atoms with Gasteiger partial charge in [-0.15, -0.1) is 11.3 Å². The van der Waals surface area contributed by atoms with Crippen molar-refractivity contribution in [1.82, 2.24) is 10.3 Å². The van der Waals surface area contributed by atoms with Gasteiger partial charge >= 0.3 is 0 Å². The second kappa shape index (κ2) is 9.97. The molecule has 33 heavy (non-hydrogen) atoms. The Morgan fingerprint density at radius 1 is 1.06 bits per heavy atom. The van der Waals surface area contributed by atoms with Crippen molar-refractivity contribution >= 4 is 28.1 Å². The molecule has 4 rings (SSSR count). The molecule has 0 bridgehead atoms. The third-order valence-corrected chi connectivity index (χ3v) is 6.61. The van der Waals surface area contributed by atoms with E-state index in [0.29, 0.717) is 28.5 Å². The second-order valence-corrected chi connectivity index (χ2v) is 8.58. The van der Waals surface area contributed by atoms with Crippen molar-refractivity contribution in [3.05, 3.63) is 65.2 Å². The Labute approximate surface area is 195 Å². The van der Waals surface area contributed by atoms with Crippen LogP contribution in [-0.4, -0.2) is 50.0 Å². The summed E-state index contributed by atoms with van der Waals surface area (Å²) in [6.45, 7) is -0.156. The third kappa shape index (κ3) is 4.67. The van der Waals surface area contributed by atoms with E-state index in [4.69, 9.17) is 14.2 Å². The molecule has 2 heterocycles. The van der Waals surface area contributed by atoms with Crippen LogP contribution in [0.3, 0.4) is 0 Å². The highest BCUT2D eigenvalue weighted by atomic mass is 32.1. The number of rotatable bonds is 9. The van der Waals surface area contributed by atoms with E-state index >= 15 is 0 Å². The molecule has 172 valence electrons. The number of hydrogen-bond donors (Lipinski definition) is 3. The topological polar surface area (TPSA) is 92.8 Å². The molecular formula is C25H26N2O5S. The quantitative estimate of drug-likeness (QED) is 0.343. The van der Waals surface area contributed by atoms with Crippen molar-refractivity contribution in [3.8, 4) is 27.7 Å². The minimum absolute atomic E-state index is 0.156. The number of aliphatic hydroxyl groups excluding tert-OH is 1. The minimum atomic E-state index is -0.400. The number of aromatic nitrogens is 1. The number of para-hydroxylation sites is 1. The van der Waals surface area contributed by atoms with E-state index in [2.05, 4.69) is 10.3 Å². The Balaban J connectivity index is 1.51. The molecule has 1 atom stereocenters. The van der Waals surface area contributed by atoms with E-state index in [1.807, 2.05) is 48.7 Å². The van der Waals surface area contributed by atoms with Crippen LogP contribution in [0.4, 0.5) is 0 Å². The molecule has 7 nitrogen and oxygen atoms in total. The van der Waals surface area contributed by atoms with Crippen molar-refractivity contribution in [2.75, 3.05) is 27.9 Å². The van der Waals surface area contributed by atoms with Crippen LogP contribution in [0.2, 0.25) is 0 Å². The summed E-state index contributed by atoms with van der Waals surface area (Å²) in [6, 6.07) is 14.9. The van der Waals surface area contributed by atoms with Crippen LogP contribution in [0.15, 0.2) is 54.7 Å². The van der Waals surface area contributed by atoms with Gasteiger partial charge in [0.1, 0.15) is 0 Å². The zero-order valence-electron chi connectivity index (χ0n) is 18.7. The maximum absolute atomic E-state index is 12.9. The number of aromatic amines is 1. The zero-order valence-corrected chi connectivity index (χ0v) is 19.5. The fourth-order valence-corrected chi connectivity index (χ4v) is 4.72. The van der Waals surface area contributed by atoms with Gasteiger partial charge in [-0.1, -0.05) is 18.2 Å². The first-order valence-electron chi connectivity index (χ1n) is 10.4. The van der Waals surface area contributed by atoms with Gasteiger partial charge in [-0.05, 0) is 47.9 Å². The fraction of sp³-hybridized carbons (Fsp3) is 0.240. The van der Waals surface area contributed by atoms with Crippen LogP contribution in [0, 0.1) is 0 Å². The number of carbonyl (C=O) groups is 1. The van der Waals surface area contributed by atoms with Gasteiger partial charge in [-0.3, -0.25) is 4.79 Å². The van der Waals surface area contributed by atoms with Gasteiger partial charge < -0.3 is 29.6 Å². The molecule has 0 spiro atoms. The SMILES string of the molecule is COc1cc(-c2ccc(C(=O)N[C@@H](CO)Cc3c[nH]c4ccccc34)s2)cc(OC)c1OC. The molecule has 0 saturated heterocycles. The van der Waals surface area contributed by atoms with Crippen LogP contribution in [0.5, 0.6) is 17.2 Å². The van der Waals surface area contributed by atoms with Gasteiger partial charge in [0.25, 0.3) is 5.91 Å². The lowest BCUT2D eigenvalue weighted by Crippen LogP contribution is -2.38.